The highest BCUT2D eigenvalue weighted by Crippen LogP contribution is 2.20. The second-order valence-corrected chi connectivity index (χ2v) is 5.92. The Labute approximate surface area is 116 Å². The average molecular weight is 265 g/mol. The van der Waals surface area contributed by atoms with Gasteiger partial charge in [0.25, 0.3) is 0 Å². The van der Waals surface area contributed by atoms with E-state index in [4.69, 9.17) is 5.73 Å². The molecule has 19 heavy (non-hydrogen) atoms. The minimum atomic E-state index is 0.103. The second-order valence-electron chi connectivity index (χ2n) is 5.92. The lowest BCUT2D eigenvalue weighted by atomic mass is 9.90. The zero-order valence-electron chi connectivity index (χ0n) is 12.7. The number of hydrogen-bond acceptors (Lipinski definition) is 5. The molecule has 1 aromatic heterocycles. The minimum absolute atomic E-state index is 0.103. The van der Waals surface area contributed by atoms with E-state index in [0.717, 1.165) is 30.4 Å². The van der Waals surface area contributed by atoms with Gasteiger partial charge in [0, 0.05) is 25.2 Å². The van der Waals surface area contributed by atoms with Crippen LogP contribution in [0, 0.1) is 12.3 Å². The Kier molecular flexibility index (Phi) is 5.54. The van der Waals surface area contributed by atoms with Gasteiger partial charge in [0.2, 0.25) is 0 Å². The number of aromatic nitrogens is 2. The van der Waals surface area contributed by atoms with Crippen molar-refractivity contribution in [1.82, 2.24) is 9.97 Å². The van der Waals surface area contributed by atoms with Crippen molar-refractivity contribution in [1.29, 1.82) is 0 Å². The van der Waals surface area contributed by atoms with Crippen molar-refractivity contribution in [3.63, 3.8) is 0 Å². The van der Waals surface area contributed by atoms with Crippen LogP contribution in [0.2, 0.25) is 0 Å². The number of nitrogens with two attached hydrogens (primary N) is 1. The lowest BCUT2D eigenvalue weighted by Crippen LogP contribution is -2.26. The van der Waals surface area contributed by atoms with E-state index in [1.807, 2.05) is 19.9 Å². The number of anilines is 2. The molecule has 0 aromatic carbocycles. The molecular formula is C14H27N5. The Morgan fingerprint density at radius 2 is 1.84 bits per heavy atom. The first-order valence-corrected chi connectivity index (χ1v) is 6.91. The van der Waals surface area contributed by atoms with E-state index in [1.54, 1.807) is 0 Å². The maximum Gasteiger partial charge on any atom is 0.131 e. The van der Waals surface area contributed by atoms with Gasteiger partial charge in [-0.3, -0.25) is 0 Å². The molecule has 1 aromatic rings. The third-order valence-electron chi connectivity index (χ3n) is 3.15. The molecule has 0 aliphatic carbocycles. The molecule has 0 bridgehead atoms. The molecule has 108 valence electrons. The summed E-state index contributed by atoms with van der Waals surface area (Å²) in [6.45, 7) is 12.1. The van der Waals surface area contributed by atoms with E-state index in [0.29, 0.717) is 6.54 Å². The topological polar surface area (TPSA) is 75.9 Å². The van der Waals surface area contributed by atoms with Crippen LogP contribution in [-0.2, 0) is 0 Å². The van der Waals surface area contributed by atoms with Crippen LogP contribution in [-0.4, -0.2) is 29.1 Å². The van der Waals surface area contributed by atoms with Crippen molar-refractivity contribution in [3.05, 3.63) is 11.9 Å². The SMILES string of the molecule is CCC(C)(C)CNc1cc(NCC(C)N)nc(C)n1. The lowest BCUT2D eigenvalue weighted by Gasteiger charge is -2.23. The number of hydrogen-bond donors (Lipinski definition) is 3. The quantitative estimate of drug-likeness (QED) is 0.706. The summed E-state index contributed by atoms with van der Waals surface area (Å²) in [5, 5.41) is 6.60. The van der Waals surface area contributed by atoms with Crippen LogP contribution in [0.4, 0.5) is 11.6 Å². The van der Waals surface area contributed by atoms with Gasteiger partial charge >= 0.3 is 0 Å². The fourth-order valence-corrected chi connectivity index (χ4v) is 1.47. The fraction of sp³-hybridized carbons (Fsp3) is 0.714. The standard InChI is InChI=1S/C14H27N5/c1-6-14(4,5)9-17-13-7-12(16-8-10(2)15)18-11(3)19-13/h7,10H,6,8-9,15H2,1-5H3,(H2,16,17,18,19). The Balaban J connectivity index is 2.68. The van der Waals surface area contributed by atoms with Crippen molar-refractivity contribution >= 4 is 11.6 Å². The Hall–Kier alpha value is -1.36. The van der Waals surface area contributed by atoms with E-state index < -0.39 is 0 Å². The van der Waals surface area contributed by atoms with E-state index in [1.165, 1.54) is 0 Å². The van der Waals surface area contributed by atoms with Crippen molar-refractivity contribution in [3.8, 4) is 0 Å². The molecule has 0 aliphatic heterocycles. The molecule has 0 fully saturated rings. The molecule has 0 saturated heterocycles. The van der Waals surface area contributed by atoms with E-state index >= 15 is 0 Å². The maximum absolute atomic E-state index is 5.73. The summed E-state index contributed by atoms with van der Waals surface area (Å²) in [5.74, 6) is 2.44. The van der Waals surface area contributed by atoms with Gasteiger partial charge in [-0.05, 0) is 25.7 Å². The van der Waals surface area contributed by atoms with E-state index in [2.05, 4.69) is 41.4 Å². The van der Waals surface area contributed by atoms with Gasteiger partial charge in [0.1, 0.15) is 17.5 Å². The third kappa shape index (κ3) is 5.87. The highest BCUT2D eigenvalue weighted by molar-refractivity contribution is 5.47. The first kappa shape index (κ1) is 15.7. The second kappa shape index (κ2) is 6.70. The minimum Gasteiger partial charge on any atom is -0.369 e. The molecule has 0 spiro atoms. The average Bonchev–Trinajstić information content (AvgIpc) is 2.34. The zero-order chi connectivity index (χ0) is 14.5. The predicted molar refractivity (Wildman–Crippen MR) is 81.5 cm³/mol. The normalized spacial score (nSPS) is 13.2. The summed E-state index contributed by atoms with van der Waals surface area (Å²) < 4.78 is 0. The smallest absolute Gasteiger partial charge is 0.131 e. The summed E-state index contributed by atoms with van der Waals surface area (Å²) in [5.41, 5.74) is 5.99. The highest BCUT2D eigenvalue weighted by atomic mass is 15.1. The van der Waals surface area contributed by atoms with Crippen molar-refractivity contribution in [2.75, 3.05) is 23.7 Å². The first-order valence-electron chi connectivity index (χ1n) is 6.91. The van der Waals surface area contributed by atoms with Crippen molar-refractivity contribution in [2.24, 2.45) is 11.1 Å². The molecule has 4 N–H and O–H groups in total. The molecule has 1 unspecified atom stereocenters. The van der Waals surface area contributed by atoms with Crippen LogP contribution in [0.3, 0.4) is 0 Å². The summed E-state index contributed by atoms with van der Waals surface area (Å²) in [6, 6.07) is 2.03. The van der Waals surface area contributed by atoms with Gasteiger partial charge in [-0.1, -0.05) is 20.8 Å². The van der Waals surface area contributed by atoms with Crippen molar-refractivity contribution in [2.45, 2.75) is 47.1 Å². The van der Waals surface area contributed by atoms with Gasteiger partial charge in [-0.2, -0.15) is 0 Å². The highest BCUT2D eigenvalue weighted by Gasteiger charge is 2.15. The summed E-state index contributed by atoms with van der Waals surface area (Å²) in [6.07, 6.45) is 1.12. The van der Waals surface area contributed by atoms with E-state index in [-0.39, 0.29) is 11.5 Å². The molecular weight excluding hydrogens is 238 g/mol. The number of nitrogens with zero attached hydrogens (tertiary/aromatic N) is 2. The van der Waals surface area contributed by atoms with Crippen LogP contribution in [0.5, 0.6) is 0 Å². The third-order valence-corrected chi connectivity index (χ3v) is 3.15. The molecule has 0 aliphatic rings. The molecule has 1 heterocycles. The van der Waals surface area contributed by atoms with Gasteiger partial charge in [0.15, 0.2) is 0 Å². The predicted octanol–water partition coefficient (Wildman–Crippen LogP) is 2.39. The molecule has 1 atom stereocenters. The van der Waals surface area contributed by atoms with E-state index in [9.17, 15) is 0 Å². The van der Waals surface area contributed by atoms with Crippen LogP contribution in [0.1, 0.15) is 39.9 Å². The van der Waals surface area contributed by atoms with Crippen LogP contribution in [0.25, 0.3) is 0 Å². The summed E-state index contributed by atoms with van der Waals surface area (Å²) in [7, 11) is 0. The Bertz CT molecular complexity index is 401. The van der Waals surface area contributed by atoms with Crippen LogP contribution >= 0.6 is 0 Å². The maximum atomic E-state index is 5.73. The fourth-order valence-electron chi connectivity index (χ4n) is 1.47. The van der Waals surface area contributed by atoms with Gasteiger partial charge in [-0.15, -0.1) is 0 Å². The van der Waals surface area contributed by atoms with Crippen LogP contribution in [0.15, 0.2) is 6.07 Å². The van der Waals surface area contributed by atoms with Gasteiger partial charge in [0.05, 0.1) is 0 Å². The molecule has 5 nitrogen and oxygen atoms in total. The van der Waals surface area contributed by atoms with Gasteiger partial charge in [-0.25, -0.2) is 9.97 Å². The first-order chi connectivity index (χ1) is 8.82. The lowest BCUT2D eigenvalue weighted by molar-refractivity contribution is 0.376. The Morgan fingerprint density at radius 1 is 1.26 bits per heavy atom. The van der Waals surface area contributed by atoms with Crippen LogP contribution < -0.4 is 16.4 Å². The number of aryl methyl sites for hydroxylation is 1. The molecule has 5 heteroatoms. The van der Waals surface area contributed by atoms with Crippen molar-refractivity contribution < 1.29 is 0 Å². The molecule has 1 rings (SSSR count). The Morgan fingerprint density at radius 3 is 2.37 bits per heavy atom. The molecule has 0 radical (unpaired) electrons. The molecule has 0 saturated carbocycles. The largest absolute Gasteiger partial charge is 0.369 e. The van der Waals surface area contributed by atoms with Gasteiger partial charge < -0.3 is 16.4 Å². The number of nitrogens with one attached hydrogen (secondary N) is 2. The number of rotatable bonds is 7. The monoisotopic (exact) mass is 265 g/mol. The molecule has 0 amide bonds. The summed E-state index contributed by atoms with van der Waals surface area (Å²) >= 11 is 0. The summed E-state index contributed by atoms with van der Waals surface area (Å²) in [4.78, 5) is 8.76. The zero-order valence-corrected chi connectivity index (χ0v) is 12.7.